The van der Waals surface area contributed by atoms with Crippen LogP contribution in [0.5, 0.6) is 5.75 Å². The topological polar surface area (TPSA) is 21.6 Å². The molecular formula is C22H18Br2ClNO. The second kappa shape index (κ2) is 9.05. The van der Waals surface area contributed by atoms with Crippen LogP contribution in [0.25, 0.3) is 0 Å². The molecule has 27 heavy (non-hydrogen) atoms. The van der Waals surface area contributed by atoms with Crippen LogP contribution in [0.3, 0.4) is 0 Å². The van der Waals surface area contributed by atoms with Crippen LogP contribution in [0.15, 0.2) is 68.5 Å². The first-order valence-electron chi connectivity index (χ1n) is 8.40. The summed E-state index contributed by atoms with van der Waals surface area (Å²) in [6.07, 6.45) is 1.86. The van der Waals surface area contributed by atoms with Gasteiger partial charge in [-0.05, 0) is 92.7 Å². The summed E-state index contributed by atoms with van der Waals surface area (Å²) in [4.78, 5) is 4.61. The van der Waals surface area contributed by atoms with Crippen molar-refractivity contribution in [2.75, 3.05) is 0 Å². The average molecular weight is 508 g/mol. The summed E-state index contributed by atoms with van der Waals surface area (Å²) >= 11 is 13.2. The molecule has 0 spiro atoms. The Bertz CT molecular complexity index is 978. The normalized spacial score (nSPS) is 11.1. The predicted molar refractivity (Wildman–Crippen MR) is 121 cm³/mol. The molecule has 0 aliphatic heterocycles. The van der Waals surface area contributed by atoms with Crippen LogP contribution in [0, 0.1) is 13.8 Å². The van der Waals surface area contributed by atoms with E-state index in [-0.39, 0.29) is 0 Å². The van der Waals surface area contributed by atoms with Crippen molar-refractivity contribution in [1.82, 2.24) is 0 Å². The largest absolute Gasteiger partial charge is 0.487 e. The van der Waals surface area contributed by atoms with Crippen LogP contribution in [-0.2, 0) is 6.61 Å². The maximum atomic E-state index is 6.03. The monoisotopic (exact) mass is 505 g/mol. The van der Waals surface area contributed by atoms with Gasteiger partial charge in [-0.2, -0.15) is 0 Å². The quantitative estimate of drug-likeness (QED) is 0.323. The van der Waals surface area contributed by atoms with Crippen molar-refractivity contribution in [2.24, 2.45) is 4.99 Å². The third kappa shape index (κ3) is 5.44. The Morgan fingerprint density at radius 3 is 2.41 bits per heavy atom. The molecule has 5 heteroatoms. The average Bonchev–Trinajstić information content (AvgIpc) is 2.60. The van der Waals surface area contributed by atoms with Gasteiger partial charge in [0.15, 0.2) is 0 Å². The molecule has 0 saturated carbocycles. The van der Waals surface area contributed by atoms with Gasteiger partial charge in [-0.15, -0.1) is 0 Å². The molecule has 0 unspecified atom stereocenters. The van der Waals surface area contributed by atoms with Gasteiger partial charge in [-0.25, -0.2) is 0 Å². The molecule has 138 valence electrons. The van der Waals surface area contributed by atoms with Gasteiger partial charge in [0.05, 0.1) is 14.6 Å². The van der Waals surface area contributed by atoms with E-state index >= 15 is 0 Å². The lowest BCUT2D eigenvalue weighted by molar-refractivity contribution is 0.302. The summed E-state index contributed by atoms with van der Waals surface area (Å²) in [5.41, 5.74) is 5.35. The van der Waals surface area contributed by atoms with Crippen LogP contribution in [0.2, 0.25) is 5.02 Å². The Morgan fingerprint density at radius 1 is 1.00 bits per heavy atom. The Hall–Kier alpha value is -1.62. The fourth-order valence-electron chi connectivity index (χ4n) is 2.67. The van der Waals surface area contributed by atoms with E-state index < -0.39 is 0 Å². The number of ether oxygens (including phenoxy) is 1. The summed E-state index contributed by atoms with van der Waals surface area (Å²) in [6.45, 7) is 4.59. The molecule has 0 heterocycles. The Balaban J connectivity index is 1.77. The number of aliphatic imine (C=N–C) groups is 1. The number of nitrogens with zero attached hydrogens (tertiary/aromatic N) is 1. The van der Waals surface area contributed by atoms with Crippen LogP contribution in [0.1, 0.15) is 22.3 Å². The highest BCUT2D eigenvalue weighted by molar-refractivity contribution is 9.11. The summed E-state index contributed by atoms with van der Waals surface area (Å²) in [7, 11) is 0. The highest BCUT2D eigenvalue weighted by Gasteiger charge is 2.09. The number of rotatable bonds is 5. The van der Waals surface area contributed by atoms with Crippen molar-refractivity contribution >= 4 is 55.4 Å². The van der Waals surface area contributed by atoms with Gasteiger partial charge in [-0.1, -0.05) is 41.4 Å². The minimum Gasteiger partial charge on any atom is -0.487 e. The van der Waals surface area contributed by atoms with E-state index in [9.17, 15) is 0 Å². The van der Waals surface area contributed by atoms with Gasteiger partial charge in [-0.3, -0.25) is 4.99 Å². The standard InChI is InChI=1S/C22H18Br2ClNO/c1-14-6-7-21(15(2)8-14)26-12-17-10-19(23)22(20(24)11-17)27-13-16-4-3-5-18(25)9-16/h3-12H,13H2,1-2H3. The Kier molecular flexibility index (Phi) is 6.74. The maximum absolute atomic E-state index is 6.03. The third-order valence-corrected chi connectivity index (χ3v) is 5.41. The molecule has 0 aliphatic rings. The highest BCUT2D eigenvalue weighted by Crippen LogP contribution is 2.35. The second-order valence-electron chi connectivity index (χ2n) is 6.28. The first-order valence-corrected chi connectivity index (χ1v) is 10.4. The maximum Gasteiger partial charge on any atom is 0.148 e. The summed E-state index contributed by atoms with van der Waals surface area (Å²) in [6, 6.07) is 17.9. The van der Waals surface area contributed by atoms with Gasteiger partial charge in [0.25, 0.3) is 0 Å². The zero-order chi connectivity index (χ0) is 19.4. The molecule has 0 bridgehead atoms. The SMILES string of the molecule is Cc1ccc(N=Cc2cc(Br)c(OCc3cccc(Cl)c3)c(Br)c2)c(C)c1. The van der Waals surface area contributed by atoms with Gasteiger partial charge >= 0.3 is 0 Å². The number of halogens is 3. The van der Waals surface area contributed by atoms with Crippen LogP contribution in [0.4, 0.5) is 5.69 Å². The molecule has 0 radical (unpaired) electrons. The molecular weight excluding hydrogens is 490 g/mol. The van der Waals surface area contributed by atoms with Crippen LogP contribution >= 0.6 is 43.5 Å². The lowest BCUT2D eigenvalue weighted by atomic mass is 10.1. The predicted octanol–water partition coefficient (Wildman–Crippen LogP) is 7.81. The van der Waals surface area contributed by atoms with Crippen molar-refractivity contribution in [2.45, 2.75) is 20.5 Å². The first-order chi connectivity index (χ1) is 12.9. The van der Waals surface area contributed by atoms with E-state index in [1.807, 2.05) is 48.7 Å². The molecule has 3 rings (SSSR count). The summed E-state index contributed by atoms with van der Waals surface area (Å²) in [5, 5.41) is 0.701. The zero-order valence-electron chi connectivity index (χ0n) is 15.0. The molecule has 0 N–H and O–H groups in total. The number of hydrogen-bond acceptors (Lipinski definition) is 2. The van der Waals surface area contributed by atoms with E-state index in [4.69, 9.17) is 16.3 Å². The van der Waals surface area contributed by atoms with Crippen molar-refractivity contribution < 1.29 is 4.74 Å². The van der Waals surface area contributed by atoms with Crippen LogP contribution in [-0.4, -0.2) is 6.21 Å². The molecule has 0 aromatic heterocycles. The number of hydrogen-bond donors (Lipinski definition) is 0. The summed E-state index contributed by atoms with van der Waals surface area (Å²) in [5.74, 6) is 0.749. The fourth-order valence-corrected chi connectivity index (χ4v) is 4.33. The molecule has 2 nitrogen and oxygen atoms in total. The summed E-state index contributed by atoms with van der Waals surface area (Å²) < 4.78 is 7.69. The molecule has 0 saturated heterocycles. The van der Waals surface area contributed by atoms with Gasteiger partial charge in [0, 0.05) is 11.2 Å². The van der Waals surface area contributed by atoms with E-state index in [1.165, 1.54) is 5.56 Å². The van der Waals surface area contributed by atoms with E-state index in [0.29, 0.717) is 11.6 Å². The molecule has 0 amide bonds. The van der Waals surface area contributed by atoms with Gasteiger partial charge < -0.3 is 4.74 Å². The molecule has 0 aliphatic carbocycles. The first kappa shape index (κ1) is 20.1. The lowest BCUT2D eigenvalue weighted by Crippen LogP contribution is -1.97. The molecule has 3 aromatic carbocycles. The third-order valence-electron chi connectivity index (χ3n) is 4.00. The van der Waals surface area contributed by atoms with Gasteiger partial charge in [0.2, 0.25) is 0 Å². The van der Waals surface area contributed by atoms with Crippen molar-refractivity contribution in [3.8, 4) is 5.75 Å². The highest BCUT2D eigenvalue weighted by atomic mass is 79.9. The minimum atomic E-state index is 0.438. The minimum absolute atomic E-state index is 0.438. The van der Waals surface area contributed by atoms with Gasteiger partial charge in [0.1, 0.15) is 12.4 Å². The van der Waals surface area contributed by atoms with E-state index in [2.05, 4.69) is 62.8 Å². The Morgan fingerprint density at radius 2 is 1.74 bits per heavy atom. The lowest BCUT2D eigenvalue weighted by Gasteiger charge is -2.11. The number of aryl methyl sites for hydroxylation is 2. The van der Waals surface area contributed by atoms with Crippen molar-refractivity contribution in [3.63, 3.8) is 0 Å². The van der Waals surface area contributed by atoms with Crippen molar-refractivity contribution in [3.05, 3.63) is 90.8 Å². The number of benzene rings is 3. The molecule has 0 atom stereocenters. The smallest absolute Gasteiger partial charge is 0.148 e. The Labute approximate surface area is 181 Å². The van der Waals surface area contributed by atoms with Crippen molar-refractivity contribution in [1.29, 1.82) is 0 Å². The molecule has 3 aromatic rings. The zero-order valence-corrected chi connectivity index (χ0v) is 18.9. The molecule has 0 fully saturated rings. The van der Waals surface area contributed by atoms with Crippen LogP contribution < -0.4 is 4.74 Å². The fraction of sp³-hybridized carbons (Fsp3) is 0.136. The van der Waals surface area contributed by atoms with E-state index in [0.717, 1.165) is 37.1 Å². The van der Waals surface area contributed by atoms with E-state index in [1.54, 1.807) is 0 Å². The second-order valence-corrected chi connectivity index (χ2v) is 8.43.